The zero-order valence-corrected chi connectivity index (χ0v) is 4.36. The quantitative estimate of drug-likeness (QED) is 0.309. The van der Waals surface area contributed by atoms with E-state index in [4.69, 9.17) is 0 Å². The Hall–Kier alpha value is -0.700. The summed E-state index contributed by atoms with van der Waals surface area (Å²) in [5.74, 6) is 2.25. The summed E-state index contributed by atoms with van der Waals surface area (Å²) in [7, 11) is 0. The maximum Gasteiger partial charge on any atom is -0.00297 e. The fourth-order valence-electron chi connectivity index (χ4n) is 0. The maximum absolute atomic E-state index is 4.60. The highest BCUT2D eigenvalue weighted by atomic mass is 13.2. The molecule has 0 aromatic rings. The first kappa shape index (κ1) is 9.00. The second-order valence-corrected chi connectivity index (χ2v) is 0.697. The molecule has 0 saturated heterocycles. The largest absolute Gasteiger partial charge is 0.120 e. The molecule has 0 fully saturated rings. The van der Waals surface area contributed by atoms with Gasteiger partial charge in [0.15, 0.2) is 0 Å². The van der Waals surface area contributed by atoms with Gasteiger partial charge in [0, 0.05) is 0 Å². The van der Waals surface area contributed by atoms with Crippen LogP contribution in [0.1, 0.15) is 13.8 Å². The van der Waals surface area contributed by atoms with Gasteiger partial charge in [0.25, 0.3) is 0 Å². The molecule has 0 rings (SSSR count). The first-order valence-electron chi connectivity index (χ1n) is 1.77. The molecule has 0 aliphatic carbocycles. The van der Waals surface area contributed by atoms with Crippen LogP contribution in [0, 0.1) is 12.3 Å². The zero-order valence-electron chi connectivity index (χ0n) is 4.36. The maximum atomic E-state index is 4.60. The highest BCUT2D eigenvalue weighted by Gasteiger charge is 1.15. The van der Waals surface area contributed by atoms with Gasteiger partial charge in [-0.05, 0) is 13.8 Å². The van der Waals surface area contributed by atoms with Crippen LogP contribution in [-0.4, -0.2) is 0 Å². The van der Waals surface area contributed by atoms with Gasteiger partial charge in [-0.2, -0.15) is 0 Å². The molecule has 0 N–H and O–H groups in total. The minimum Gasteiger partial charge on any atom is -0.120 e. The van der Waals surface area contributed by atoms with Crippen LogP contribution in [0.5, 0.6) is 0 Å². The van der Waals surface area contributed by atoms with E-state index in [-0.39, 0.29) is 0 Å². The average Bonchev–Trinajstić information content (AvgIpc) is 1.39. The number of terminal acetylenes is 1. The molecule has 0 aliphatic rings. The Balaban J connectivity index is 0. The highest BCUT2D eigenvalue weighted by Crippen LogP contribution is 1.38. The van der Waals surface area contributed by atoms with E-state index >= 15 is 0 Å². The molecule has 0 heterocycles. The van der Waals surface area contributed by atoms with Crippen molar-refractivity contribution < 1.29 is 0 Å². The summed E-state index contributed by atoms with van der Waals surface area (Å²) in [5.41, 5.74) is 0. The minimum atomic E-state index is 1.65. The standard InChI is InChI=1S/C3H6.C3H4/c2*1-3-2/h3H,1H2,2H3;1H,2H3. The lowest BCUT2D eigenvalue weighted by molar-refractivity contribution is 1.80. The Morgan fingerprint density at radius 2 is 1.83 bits per heavy atom. The number of hydrogen-bond acceptors (Lipinski definition) is 0. The number of hydrogen-bond donors (Lipinski definition) is 0. The monoisotopic (exact) mass is 82.1 g/mol. The van der Waals surface area contributed by atoms with Crippen molar-refractivity contribution in [1.29, 1.82) is 0 Å². The topological polar surface area (TPSA) is 0 Å². The Kier molecular flexibility index (Phi) is 41.6. The summed E-state index contributed by atoms with van der Waals surface area (Å²) in [5, 5.41) is 0. The van der Waals surface area contributed by atoms with Crippen LogP contribution >= 0.6 is 0 Å². The molecule has 0 unspecified atom stereocenters. The fraction of sp³-hybridized carbons (Fsp3) is 0.333. The van der Waals surface area contributed by atoms with Gasteiger partial charge in [-0.1, -0.05) is 6.08 Å². The van der Waals surface area contributed by atoms with Crippen LogP contribution in [-0.2, 0) is 0 Å². The van der Waals surface area contributed by atoms with Gasteiger partial charge >= 0.3 is 0 Å². The van der Waals surface area contributed by atoms with E-state index in [0.29, 0.717) is 0 Å². The second-order valence-electron chi connectivity index (χ2n) is 0.697. The first-order chi connectivity index (χ1) is 2.83. The molecule has 34 valence electrons. The van der Waals surface area contributed by atoms with E-state index in [9.17, 15) is 0 Å². The van der Waals surface area contributed by atoms with Crippen LogP contribution in [0.25, 0.3) is 0 Å². The van der Waals surface area contributed by atoms with Crippen molar-refractivity contribution in [3.63, 3.8) is 0 Å². The van der Waals surface area contributed by atoms with E-state index in [1.54, 1.807) is 13.0 Å². The molecule has 0 saturated carbocycles. The van der Waals surface area contributed by atoms with Crippen LogP contribution in [0.2, 0.25) is 0 Å². The summed E-state index contributed by atoms with van der Waals surface area (Å²) >= 11 is 0. The molecule has 0 bridgehead atoms. The Labute approximate surface area is 39.9 Å². The lowest BCUT2D eigenvalue weighted by atomic mass is 10.8. The van der Waals surface area contributed by atoms with Crippen molar-refractivity contribution in [2.75, 3.05) is 0 Å². The van der Waals surface area contributed by atoms with Crippen LogP contribution in [0.4, 0.5) is 0 Å². The predicted octanol–water partition coefficient (Wildman–Crippen LogP) is 1.83. The van der Waals surface area contributed by atoms with Gasteiger partial charge in [0.2, 0.25) is 0 Å². The third kappa shape index (κ3) is 35.6. The van der Waals surface area contributed by atoms with Crippen molar-refractivity contribution in [1.82, 2.24) is 0 Å². The van der Waals surface area contributed by atoms with Crippen LogP contribution in [0.3, 0.4) is 0 Å². The highest BCUT2D eigenvalue weighted by molar-refractivity contribution is 4.73. The summed E-state index contributed by atoms with van der Waals surface area (Å²) in [6.45, 7) is 6.90. The lowest BCUT2D eigenvalue weighted by Gasteiger charge is -1.31. The van der Waals surface area contributed by atoms with E-state index < -0.39 is 0 Å². The second kappa shape index (κ2) is 27.7. The van der Waals surface area contributed by atoms with Crippen LogP contribution < -0.4 is 0 Å². The molecule has 0 atom stereocenters. The lowest BCUT2D eigenvalue weighted by Crippen LogP contribution is -1.10. The van der Waals surface area contributed by atoms with E-state index in [2.05, 4.69) is 18.9 Å². The van der Waals surface area contributed by atoms with E-state index in [0.717, 1.165) is 0 Å². The van der Waals surface area contributed by atoms with Gasteiger partial charge in [0.05, 0.1) is 0 Å². The molecule has 0 heteroatoms. The Morgan fingerprint density at radius 3 is 1.83 bits per heavy atom. The summed E-state index contributed by atoms with van der Waals surface area (Å²) < 4.78 is 0. The van der Waals surface area contributed by atoms with Crippen molar-refractivity contribution >= 4 is 0 Å². The summed E-state index contributed by atoms with van der Waals surface area (Å²) in [4.78, 5) is 0. The molecular formula is C6H10. The third-order valence-electron chi connectivity index (χ3n) is 0. The molecule has 0 nitrogen and oxygen atoms in total. The van der Waals surface area contributed by atoms with Gasteiger partial charge in [-0.3, -0.25) is 0 Å². The molecule has 0 amide bonds. The van der Waals surface area contributed by atoms with Gasteiger partial charge in [-0.25, -0.2) is 0 Å². The van der Waals surface area contributed by atoms with E-state index in [1.807, 2.05) is 6.92 Å². The smallest absolute Gasteiger partial charge is 0.00297 e. The van der Waals surface area contributed by atoms with Crippen molar-refractivity contribution in [2.24, 2.45) is 0 Å². The minimum absolute atomic E-state index is 1.65. The van der Waals surface area contributed by atoms with Crippen molar-refractivity contribution in [2.45, 2.75) is 13.8 Å². The van der Waals surface area contributed by atoms with Gasteiger partial charge < -0.3 is 0 Å². The zero-order chi connectivity index (χ0) is 5.41. The Bertz CT molecular complexity index is 45.5. The molecule has 0 radical (unpaired) electrons. The average molecular weight is 82.1 g/mol. The van der Waals surface area contributed by atoms with E-state index in [1.165, 1.54) is 0 Å². The van der Waals surface area contributed by atoms with Gasteiger partial charge in [0.1, 0.15) is 0 Å². The van der Waals surface area contributed by atoms with Gasteiger partial charge in [-0.15, -0.1) is 18.9 Å². The van der Waals surface area contributed by atoms with Crippen LogP contribution in [0.15, 0.2) is 12.7 Å². The van der Waals surface area contributed by atoms with Crippen molar-refractivity contribution in [3.8, 4) is 12.3 Å². The third-order valence-corrected chi connectivity index (χ3v) is 0. The summed E-state index contributed by atoms with van der Waals surface area (Å²) in [6, 6.07) is 0. The molecule has 0 spiro atoms. The summed E-state index contributed by atoms with van der Waals surface area (Å²) in [6.07, 6.45) is 6.35. The molecule has 0 aliphatic heterocycles. The first-order valence-corrected chi connectivity index (χ1v) is 1.77. The molecule has 0 aromatic carbocycles. The molecular weight excluding hydrogens is 72.1 g/mol. The van der Waals surface area contributed by atoms with Crippen molar-refractivity contribution in [3.05, 3.63) is 12.7 Å². The predicted molar refractivity (Wildman–Crippen MR) is 30.4 cm³/mol. The molecule has 6 heavy (non-hydrogen) atoms. The fourth-order valence-corrected chi connectivity index (χ4v) is 0. The Morgan fingerprint density at radius 1 is 1.83 bits per heavy atom. The number of rotatable bonds is 0. The SMILES string of the molecule is C#CC.C=CC. The molecule has 0 aromatic heterocycles. The normalized spacial score (nSPS) is 3.50. The number of allylic oxidation sites excluding steroid dienone is 1.